The van der Waals surface area contributed by atoms with Crippen LogP contribution in [0.3, 0.4) is 0 Å². The van der Waals surface area contributed by atoms with Gasteiger partial charge < -0.3 is 9.52 Å². The zero-order valence-corrected chi connectivity index (χ0v) is 21.7. The monoisotopic (exact) mass is 518 g/mol. The van der Waals surface area contributed by atoms with Crippen molar-refractivity contribution in [1.82, 2.24) is 4.31 Å². The zero-order chi connectivity index (χ0) is 26.5. The van der Waals surface area contributed by atoms with Crippen LogP contribution in [0, 0.1) is 18.3 Å². The number of hydrogen-bond acceptors (Lipinski definition) is 5. The van der Waals surface area contributed by atoms with E-state index in [1.165, 1.54) is 5.56 Å². The third kappa shape index (κ3) is 5.65. The van der Waals surface area contributed by atoms with Crippen LogP contribution < -0.4 is 0 Å². The van der Waals surface area contributed by atoms with Gasteiger partial charge in [0.25, 0.3) is 0 Å². The Bertz CT molecular complexity index is 1620. The number of aryl methyl sites for hydroxylation is 1. The van der Waals surface area contributed by atoms with E-state index in [4.69, 9.17) is 4.42 Å². The number of carbonyl (C=O) groups is 1. The van der Waals surface area contributed by atoms with E-state index in [0.29, 0.717) is 16.7 Å². The average Bonchev–Trinajstić information content (AvgIpc) is 3.28. The first kappa shape index (κ1) is 25.3. The number of hydrogen-bond donors (Lipinski definition) is 1. The number of nitrogens with zero attached hydrogens (tertiary/aromatic N) is 2. The number of furan rings is 1. The normalized spacial score (nSPS) is 11.1. The summed E-state index contributed by atoms with van der Waals surface area (Å²) in [6.07, 6.45) is 0.900. The van der Waals surface area contributed by atoms with Crippen LogP contribution in [-0.4, -0.2) is 21.9 Å². The van der Waals surface area contributed by atoms with Gasteiger partial charge in [-0.05, 0) is 71.8 Å². The van der Waals surface area contributed by atoms with Gasteiger partial charge in [-0.3, -0.25) is 0 Å². The number of aromatic carboxylic acids is 1. The molecule has 0 fully saturated rings. The van der Waals surface area contributed by atoms with E-state index in [1.54, 1.807) is 18.9 Å². The zero-order valence-electron chi connectivity index (χ0n) is 20.9. The first-order chi connectivity index (χ1) is 18.5. The number of benzene rings is 4. The fourth-order valence-corrected chi connectivity index (χ4v) is 5.48. The van der Waals surface area contributed by atoms with Gasteiger partial charge in [-0.1, -0.05) is 72.8 Å². The minimum absolute atomic E-state index is 0.0128. The molecule has 6 heteroatoms. The molecule has 188 valence electrons. The summed E-state index contributed by atoms with van der Waals surface area (Å²) in [6.45, 7) is 3.33. The molecule has 0 aliphatic rings. The summed E-state index contributed by atoms with van der Waals surface area (Å²) in [5.74, 6) is -1.07. The lowest BCUT2D eigenvalue weighted by Crippen LogP contribution is -2.18. The molecular weight excluding hydrogens is 492 g/mol. The first-order valence-electron chi connectivity index (χ1n) is 12.3. The summed E-state index contributed by atoms with van der Waals surface area (Å²) >= 11 is 1.65. The van der Waals surface area contributed by atoms with Crippen LogP contribution in [0.15, 0.2) is 106 Å². The molecule has 0 saturated heterocycles. The van der Waals surface area contributed by atoms with E-state index in [2.05, 4.69) is 58.9 Å². The Balaban J connectivity index is 1.39. The third-order valence-electron chi connectivity index (χ3n) is 6.50. The Hall–Kier alpha value is -4.31. The minimum atomic E-state index is -1.06. The van der Waals surface area contributed by atoms with Gasteiger partial charge in [-0.15, -0.1) is 0 Å². The Morgan fingerprint density at radius 3 is 2.42 bits per heavy atom. The van der Waals surface area contributed by atoms with Crippen molar-refractivity contribution in [2.75, 3.05) is 6.54 Å². The van der Waals surface area contributed by atoms with E-state index >= 15 is 0 Å². The molecule has 0 unspecified atom stereocenters. The van der Waals surface area contributed by atoms with Crippen molar-refractivity contribution in [3.05, 3.63) is 125 Å². The topological polar surface area (TPSA) is 77.5 Å². The van der Waals surface area contributed by atoms with Crippen LogP contribution >= 0.6 is 11.9 Å². The number of rotatable bonds is 9. The molecule has 1 heterocycles. The van der Waals surface area contributed by atoms with Crippen molar-refractivity contribution in [2.45, 2.75) is 24.8 Å². The van der Waals surface area contributed by atoms with Crippen molar-refractivity contribution in [1.29, 1.82) is 5.26 Å². The van der Waals surface area contributed by atoms with Crippen LogP contribution in [0.4, 0.5) is 0 Å². The second-order valence-corrected chi connectivity index (χ2v) is 10.2. The highest BCUT2D eigenvalue weighted by atomic mass is 32.2. The Morgan fingerprint density at radius 1 is 0.947 bits per heavy atom. The summed E-state index contributed by atoms with van der Waals surface area (Å²) in [4.78, 5) is 12.5. The van der Waals surface area contributed by atoms with E-state index in [1.807, 2.05) is 48.5 Å². The molecule has 4 aromatic carbocycles. The molecule has 5 aromatic rings. The van der Waals surface area contributed by atoms with Gasteiger partial charge in [0, 0.05) is 28.9 Å². The third-order valence-corrected chi connectivity index (χ3v) is 7.54. The molecule has 0 radical (unpaired) electrons. The van der Waals surface area contributed by atoms with Crippen LogP contribution in [0.2, 0.25) is 0 Å². The summed E-state index contributed by atoms with van der Waals surface area (Å²) in [5, 5.41) is 19.7. The standard InChI is InChI=1S/C32H26N2O3S/c1-22-29-19-27(15-16-30(29)37-31(22)32(35)36)38-34(18-17-23-7-3-2-4-8-23)21-24-11-13-25(14-12-24)28-10-6-5-9-26(28)20-33/h2-16,19H,17-18,21H2,1H3,(H,35,36). The number of fused-ring (bicyclic) bond motifs is 1. The van der Waals surface area contributed by atoms with E-state index < -0.39 is 5.97 Å². The van der Waals surface area contributed by atoms with Gasteiger partial charge in [0.1, 0.15) is 5.58 Å². The fourth-order valence-electron chi connectivity index (χ4n) is 4.49. The van der Waals surface area contributed by atoms with Gasteiger partial charge >= 0.3 is 5.97 Å². The predicted molar refractivity (Wildman–Crippen MR) is 151 cm³/mol. The largest absolute Gasteiger partial charge is 0.475 e. The van der Waals surface area contributed by atoms with Gasteiger partial charge in [0.05, 0.1) is 11.6 Å². The molecule has 0 saturated carbocycles. The smallest absolute Gasteiger partial charge is 0.372 e. The lowest BCUT2D eigenvalue weighted by atomic mass is 9.99. The summed E-state index contributed by atoms with van der Waals surface area (Å²) in [6, 6.07) is 34.5. The average molecular weight is 519 g/mol. The molecule has 0 aliphatic heterocycles. The van der Waals surface area contributed by atoms with Crippen LogP contribution in [0.5, 0.6) is 0 Å². The second-order valence-electron chi connectivity index (χ2n) is 9.06. The molecule has 0 aliphatic carbocycles. The SMILES string of the molecule is Cc1c(C(=O)O)oc2ccc(SN(CCc3ccccc3)Cc3ccc(-c4ccccc4C#N)cc3)cc12. The summed E-state index contributed by atoms with van der Waals surface area (Å²) in [5.41, 5.74) is 6.26. The van der Waals surface area contributed by atoms with Crippen molar-refractivity contribution < 1.29 is 14.3 Å². The summed E-state index contributed by atoms with van der Waals surface area (Å²) < 4.78 is 7.86. The maximum atomic E-state index is 11.5. The number of carboxylic acids is 1. The highest BCUT2D eigenvalue weighted by molar-refractivity contribution is 7.97. The Labute approximate surface area is 226 Å². The highest BCUT2D eigenvalue weighted by Gasteiger charge is 2.18. The highest BCUT2D eigenvalue weighted by Crippen LogP contribution is 2.32. The van der Waals surface area contributed by atoms with Gasteiger partial charge in [0.2, 0.25) is 5.76 Å². The molecule has 5 rings (SSSR count). The molecule has 38 heavy (non-hydrogen) atoms. The molecule has 1 aromatic heterocycles. The van der Waals surface area contributed by atoms with Crippen molar-refractivity contribution >= 4 is 28.9 Å². The molecule has 5 nitrogen and oxygen atoms in total. The lowest BCUT2D eigenvalue weighted by Gasteiger charge is -2.22. The molecule has 0 atom stereocenters. The predicted octanol–water partition coefficient (Wildman–Crippen LogP) is 7.73. The first-order valence-corrected chi connectivity index (χ1v) is 13.1. The second kappa shape index (κ2) is 11.4. The summed E-state index contributed by atoms with van der Waals surface area (Å²) in [7, 11) is 0. The molecule has 0 bridgehead atoms. The molecule has 0 spiro atoms. The maximum Gasteiger partial charge on any atom is 0.372 e. The Morgan fingerprint density at radius 2 is 1.68 bits per heavy atom. The van der Waals surface area contributed by atoms with E-state index in [-0.39, 0.29) is 5.76 Å². The molecule has 1 N–H and O–H groups in total. The quantitative estimate of drug-likeness (QED) is 0.201. The van der Waals surface area contributed by atoms with Crippen molar-refractivity contribution in [3.63, 3.8) is 0 Å². The number of carboxylic acid groups (broad SMARTS) is 1. The fraction of sp³-hybridized carbons (Fsp3) is 0.125. The van der Waals surface area contributed by atoms with E-state index in [9.17, 15) is 15.2 Å². The van der Waals surface area contributed by atoms with Crippen molar-refractivity contribution in [2.24, 2.45) is 0 Å². The van der Waals surface area contributed by atoms with Crippen LogP contribution in [-0.2, 0) is 13.0 Å². The molecule has 0 amide bonds. The van der Waals surface area contributed by atoms with E-state index in [0.717, 1.165) is 46.5 Å². The minimum Gasteiger partial charge on any atom is -0.475 e. The van der Waals surface area contributed by atoms with Crippen LogP contribution in [0.1, 0.15) is 32.8 Å². The van der Waals surface area contributed by atoms with Crippen molar-refractivity contribution in [3.8, 4) is 17.2 Å². The van der Waals surface area contributed by atoms with Gasteiger partial charge in [-0.25, -0.2) is 9.10 Å². The number of nitriles is 1. The Kier molecular flexibility index (Phi) is 7.60. The lowest BCUT2D eigenvalue weighted by molar-refractivity contribution is 0.0664. The van der Waals surface area contributed by atoms with Gasteiger partial charge in [0.15, 0.2) is 0 Å². The van der Waals surface area contributed by atoms with Gasteiger partial charge in [-0.2, -0.15) is 5.26 Å². The molecular formula is C32H26N2O3S. The van der Waals surface area contributed by atoms with Crippen LogP contribution in [0.25, 0.3) is 22.1 Å². The maximum absolute atomic E-state index is 11.5.